The fraction of sp³-hybridized carbons (Fsp3) is 0.222. The zero-order valence-corrected chi connectivity index (χ0v) is 8.43. The number of aromatic amines is 1. The maximum atomic E-state index is 11.5. The van der Waals surface area contributed by atoms with Gasteiger partial charge in [-0.2, -0.15) is 4.98 Å². The Balaban J connectivity index is 1.80. The number of nitrogens with two attached hydrogens (primary N) is 1. The fourth-order valence-corrected chi connectivity index (χ4v) is 1.23. The zero-order valence-electron chi connectivity index (χ0n) is 8.43. The van der Waals surface area contributed by atoms with Crippen LogP contribution in [0, 0.1) is 0 Å². The molecule has 84 valence electrons. The molecule has 2 rings (SSSR count). The number of carbonyl (C=O) groups is 1. The van der Waals surface area contributed by atoms with Crippen molar-refractivity contribution in [1.82, 2.24) is 20.4 Å². The molecule has 7 heteroatoms. The van der Waals surface area contributed by atoms with Crippen LogP contribution in [-0.2, 0) is 6.42 Å². The highest BCUT2D eigenvalue weighted by Gasteiger charge is 2.07. The van der Waals surface area contributed by atoms with E-state index in [1.54, 1.807) is 12.3 Å². The first-order chi connectivity index (χ1) is 7.75. The number of nitrogens with one attached hydrogen (secondary N) is 2. The van der Waals surface area contributed by atoms with E-state index in [1.165, 1.54) is 6.33 Å². The summed E-state index contributed by atoms with van der Waals surface area (Å²) in [6.07, 6.45) is 3.39. The SMILES string of the molecule is Nc1c[nH]c(C(=O)NCCc2ncno2)c1. The fourth-order valence-electron chi connectivity index (χ4n) is 1.23. The zero-order chi connectivity index (χ0) is 11.4. The van der Waals surface area contributed by atoms with Crippen LogP contribution in [0.1, 0.15) is 16.4 Å². The van der Waals surface area contributed by atoms with Gasteiger partial charge < -0.3 is 20.6 Å². The van der Waals surface area contributed by atoms with E-state index in [1.807, 2.05) is 0 Å². The normalized spacial score (nSPS) is 10.2. The van der Waals surface area contributed by atoms with Gasteiger partial charge in [0.05, 0.1) is 0 Å². The van der Waals surface area contributed by atoms with Gasteiger partial charge in [-0.1, -0.05) is 5.16 Å². The Kier molecular flexibility index (Phi) is 2.86. The Bertz CT molecular complexity index is 462. The minimum absolute atomic E-state index is 0.212. The molecule has 2 aromatic heterocycles. The average Bonchev–Trinajstić information content (AvgIpc) is 2.89. The van der Waals surface area contributed by atoms with Gasteiger partial charge in [-0.3, -0.25) is 4.79 Å². The summed E-state index contributed by atoms with van der Waals surface area (Å²) < 4.78 is 4.78. The minimum atomic E-state index is -0.212. The van der Waals surface area contributed by atoms with Crippen molar-refractivity contribution < 1.29 is 9.32 Å². The van der Waals surface area contributed by atoms with Gasteiger partial charge in [0.15, 0.2) is 6.33 Å². The summed E-state index contributed by atoms with van der Waals surface area (Å²) in [7, 11) is 0. The number of aromatic nitrogens is 3. The van der Waals surface area contributed by atoms with Crippen LogP contribution in [0.15, 0.2) is 23.1 Å². The minimum Gasteiger partial charge on any atom is -0.397 e. The van der Waals surface area contributed by atoms with Gasteiger partial charge in [-0.05, 0) is 6.07 Å². The molecule has 0 aliphatic carbocycles. The third-order valence-corrected chi connectivity index (χ3v) is 1.98. The van der Waals surface area contributed by atoms with Crippen molar-refractivity contribution in [1.29, 1.82) is 0 Å². The third kappa shape index (κ3) is 2.38. The summed E-state index contributed by atoms with van der Waals surface area (Å²) in [6, 6.07) is 1.57. The molecule has 0 fully saturated rings. The Morgan fingerprint density at radius 2 is 2.50 bits per heavy atom. The van der Waals surface area contributed by atoms with Crippen LogP contribution in [-0.4, -0.2) is 27.6 Å². The number of nitrogen functional groups attached to an aromatic ring is 1. The molecule has 0 saturated carbocycles. The van der Waals surface area contributed by atoms with Crippen molar-refractivity contribution in [2.24, 2.45) is 0 Å². The van der Waals surface area contributed by atoms with Crippen LogP contribution in [0.2, 0.25) is 0 Å². The maximum Gasteiger partial charge on any atom is 0.267 e. The molecule has 2 aromatic rings. The van der Waals surface area contributed by atoms with Crippen LogP contribution in [0.5, 0.6) is 0 Å². The molecule has 0 aliphatic heterocycles. The summed E-state index contributed by atoms with van der Waals surface area (Å²) in [5, 5.41) is 6.16. The van der Waals surface area contributed by atoms with Crippen LogP contribution in [0.4, 0.5) is 5.69 Å². The summed E-state index contributed by atoms with van der Waals surface area (Å²) in [5.41, 5.74) is 6.44. The van der Waals surface area contributed by atoms with Gasteiger partial charge in [0, 0.05) is 24.8 Å². The molecule has 4 N–H and O–H groups in total. The highest BCUT2D eigenvalue weighted by atomic mass is 16.5. The molecular formula is C9H11N5O2. The Labute approximate surface area is 91.0 Å². The van der Waals surface area contributed by atoms with E-state index < -0.39 is 0 Å². The van der Waals surface area contributed by atoms with Crippen molar-refractivity contribution >= 4 is 11.6 Å². The molecule has 0 unspecified atom stereocenters. The van der Waals surface area contributed by atoms with Crippen molar-refractivity contribution in [3.8, 4) is 0 Å². The summed E-state index contributed by atoms with van der Waals surface area (Å²) in [6.45, 7) is 0.431. The Morgan fingerprint density at radius 3 is 3.12 bits per heavy atom. The van der Waals surface area contributed by atoms with Crippen molar-refractivity contribution in [3.05, 3.63) is 30.2 Å². The maximum absolute atomic E-state index is 11.5. The molecule has 16 heavy (non-hydrogen) atoms. The average molecular weight is 221 g/mol. The Hall–Kier alpha value is -2.31. The third-order valence-electron chi connectivity index (χ3n) is 1.98. The van der Waals surface area contributed by atoms with E-state index in [0.717, 1.165) is 0 Å². The highest BCUT2D eigenvalue weighted by molar-refractivity contribution is 5.93. The van der Waals surface area contributed by atoms with Gasteiger partial charge in [0.25, 0.3) is 5.91 Å². The second kappa shape index (κ2) is 4.47. The molecule has 0 aromatic carbocycles. The van der Waals surface area contributed by atoms with Gasteiger partial charge in [-0.25, -0.2) is 0 Å². The van der Waals surface area contributed by atoms with Crippen LogP contribution < -0.4 is 11.1 Å². The van der Waals surface area contributed by atoms with E-state index in [2.05, 4.69) is 20.4 Å². The van der Waals surface area contributed by atoms with E-state index >= 15 is 0 Å². The van der Waals surface area contributed by atoms with Gasteiger partial charge in [0.2, 0.25) is 5.89 Å². The van der Waals surface area contributed by atoms with Gasteiger partial charge in [0.1, 0.15) is 5.69 Å². The first-order valence-corrected chi connectivity index (χ1v) is 4.73. The van der Waals surface area contributed by atoms with E-state index in [-0.39, 0.29) is 5.91 Å². The quantitative estimate of drug-likeness (QED) is 0.670. The molecule has 2 heterocycles. The summed E-state index contributed by atoms with van der Waals surface area (Å²) >= 11 is 0. The van der Waals surface area contributed by atoms with Crippen molar-refractivity contribution in [2.45, 2.75) is 6.42 Å². The monoisotopic (exact) mass is 221 g/mol. The molecule has 0 radical (unpaired) electrons. The Morgan fingerprint density at radius 1 is 1.62 bits per heavy atom. The number of hydrogen-bond acceptors (Lipinski definition) is 5. The van der Waals surface area contributed by atoms with Gasteiger partial charge >= 0.3 is 0 Å². The lowest BCUT2D eigenvalue weighted by Crippen LogP contribution is -2.26. The second-order valence-electron chi connectivity index (χ2n) is 3.19. The van der Waals surface area contributed by atoms with Crippen LogP contribution in [0.3, 0.4) is 0 Å². The van der Waals surface area contributed by atoms with E-state index in [0.29, 0.717) is 30.2 Å². The number of rotatable bonds is 4. The van der Waals surface area contributed by atoms with E-state index in [9.17, 15) is 4.79 Å². The number of carbonyl (C=O) groups excluding carboxylic acids is 1. The number of hydrogen-bond donors (Lipinski definition) is 3. The van der Waals surface area contributed by atoms with Crippen LogP contribution in [0.25, 0.3) is 0 Å². The molecule has 0 aliphatic rings. The van der Waals surface area contributed by atoms with Crippen LogP contribution >= 0.6 is 0 Å². The van der Waals surface area contributed by atoms with E-state index in [4.69, 9.17) is 10.3 Å². The molecular weight excluding hydrogens is 210 g/mol. The predicted molar refractivity (Wildman–Crippen MR) is 55.5 cm³/mol. The van der Waals surface area contributed by atoms with Crippen molar-refractivity contribution in [3.63, 3.8) is 0 Å². The summed E-state index contributed by atoms with van der Waals surface area (Å²) in [5.74, 6) is 0.280. The topological polar surface area (TPSA) is 110 Å². The number of anilines is 1. The standard InChI is InChI=1S/C9H11N5O2/c10-6-3-7(12-4-6)9(15)11-2-1-8-13-5-14-16-8/h3-5,12H,1-2,10H2,(H,11,15). The predicted octanol–water partition coefficient (Wildman–Crippen LogP) is -0.0476. The highest BCUT2D eigenvalue weighted by Crippen LogP contribution is 2.03. The van der Waals surface area contributed by atoms with Crippen molar-refractivity contribution in [2.75, 3.05) is 12.3 Å². The molecule has 0 bridgehead atoms. The number of nitrogens with zero attached hydrogens (tertiary/aromatic N) is 2. The first kappa shape index (κ1) is 10.2. The first-order valence-electron chi connectivity index (χ1n) is 4.73. The summed E-state index contributed by atoms with van der Waals surface area (Å²) in [4.78, 5) is 18.1. The smallest absolute Gasteiger partial charge is 0.267 e. The second-order valence-corrected chi connectivity index (χ2v) is 3.19. The van der Waals surface area contributed by atoms with Gasteiger partial charge in [-0.15, -0.1) is 0 Å². The number of H-pyrrole nitrogens is 1. The molecule has 0 atom stereocenters. The molecule has 0 spiro atoms. The molecule has 1 amide bonds. The number of amides is 1. The lowest BCUT2D eigenvalue weighted by molar-refractivity contribution is 0.0949. The lowest BCUT2D eigenvalue weighted by Gasteiger charge is -2.00. The molecule has 0 saturated heterocycles. The largest absolute Gasteiger partial charge is 0.397 e. The molecule has 7 nitrogen and oxygen atoms in total. The lowest BCUT2D eigenvalue weighted by atomic mass is 10.3.